The highest BCUT2D eigenvalue weighted by molar-refractivity contribution is 5.95. The van der Waals surface area contributed by atoms with E-state index in [-0.39, 0.29) is 29.7 Å². The minimum Gasteiger partial charge on any atom is -0.449 e. The van der Waals surface area contributed by atoms with E-state index in [1.165, 1.54) is 12.1 Å². The van der Waals surface area contributed by atoms with Gasteiger partial charge in [0.2, 0.25) is 0 Å². The van der Waals surface area contributed by atoms with Crippen LogP contribution in [-0.2, 0) is 4.74 Å². The van der Waals surface area contributed by atoms with Crippen LogP contribution >= 0.6 is 0 Å². The number of amides is 2. The number of aromatic nitrogens is 2. The number of nitrogens with zero attached hydrogens (tertiary/aromatic N) is 4. The van der Waals surface area contributed by atoms with E-state index in [2.05, 4.69) is 5.10 Å². The Labute approximate surface area is 182 Å². The lowest BCUT2D eigenvalue weighted by Crippen LogP contribution is -2.38. The fraction of sp³-hybridized carbons (Fsp3) is 0.522. The quantitative estimate of drug-likeness (QED) is 0.717. The number of benzene rings is 1. The van der Waals surface area contributed by atoms with Gasteiger partial charge in [0, 0.05) is 26.2 Å². The zero-order chi connectivity index (χ0) is 22.5. The predicted molar refractivity (Wildman–Crippen MR) is 116 cm³/mol. The molecule has 0 bridgehead atoms. The molecular weight excluding hydrogens is 399 g/mol. The van der Waals surface area contributed by atoms with Crippen molar-refractivity contribution in [1.82, 2.24) is 19.6 Å². The summed E-state index contributed by atoms with van der Waals surface area (Å²) in [6, 6.07) is 6.05. The van der Waals surface area contributed by atoms with Crippen molar-refractivity contribution in [3.05, 3.63) is 47.5 Å². The van der Waals surface area contributed by atoms with Gasteiger partial charge >= 0.3 is 6.09 Å². The molecule has 1 aliphatic heterocycles. The lowest BCUT2D eigenvalue weighted by atomic mass is 10.0. The Hall–Kier alpha value is -2.90. The molecular formula is C23H31FN4O3. The minimum absolute atomic E-state index is 0.0426. The fourth-order valence-electron chi connectivity index (χ4n) is 3.67. The summed E-state index contributed by atoms with van der Waals surface area (Å²) in [5.41, 5.74) is 2.03. The summed E-state index contributed by atoms with van der Waals surface area (Å²) in [5, 5.41) is 4.42. The van der Waals surface area contributed by atoms with Crippen LogP contribution in [0.2, 0.25) is 0 Å². The largest absolute Gasteiger partial charge is 0.449 e. The first-order chi connectivity index (χ1) is 14.8. The fourth-order valence-corrected chi connectivity index (χ4v) is 3.67. The molecule has 168 valence electrons. The molecule has 1 saturated heterocycles. The highest BCUT2D eigenvalue weighted by atomic mass is 19.1. The van der Waals surface area contributed by atoms with E-state index in [0.717, 1.165) is 5.69 Å². The number of ether oxygens (including phenoxy) is 1. The molecule has 1 aromatic heterocycles. The molecule has 7 nitrogen and oxygen atoms in total. The molecule has 1 aromatic carbocycles. The number of rotatable bonds is 5. The molecule has 2 aromatic rings. The molecule has 0 N–H and O–H groups in total. The van der Waals surface area contributed by atoms with E-state index in [0.29, 0.717) is 50.5 Å². The number of carbonyl (C=O) groups excluding carboxylic acids is 2. The molecule has 0 spiro atoms. The van der Waals surface area contributed by atoms with Gasteiger partial charge in [0.1, 0.15) is 5.82 Å². The van der Waals surface area contributed by atoms with Crippen LogP contribution in [0.15, 0.2) is 30.5 Å². The molecule has 3 rings (SSSR count). The second kappa shape index (κ2) is 9.94. The number of hydrogen-bond acceptors (Lipinski definition) is 4. The lowest BCUT2D eigenvalue weighted by molar-refractivity contribution is 0.0745. The first-order valence-electron chi connectivity index (χ1n) is 10.8. The normalized spacial score (nSPS) is 14.8. The van der Waals surface area contributed by atoms with Gasteiger partial charge in [-0.15, -0.1) is 0 Å². The standard InChI is InChI=1S/C23H31FN4O3/c1-16(2)15-31-23(30)27-11-5-10-26(12-13-27)22(29)20-14-25-28(21(20)17(3)4)19-8-6-18(24)7-9-19/h6-9,14,16-17H,5,10-13,15H2,1-4H3. The van der Waals surface area contributed by atoms with Crippen molar-refractivity contribution in [2.75, 3.05) is 32.8 Å². The van der Waals surface area contributed by atoms with E-state index in [4.69, 9.17) is 4.74 Å². The van der Waals surface area contributed by atoms with Crippen LogP contribution in [0.5, 0.6) is 0 Å². The van der Waals surface area contributed by atoms with Gasteiger partial charge in [-0.3, -0.25) is 4.79 Å². The predicted octanol–water partition coefficient (Wildman–Crippen LogP) is 4.08. The number of hydrogen-bond donors (Lipinski definition) is 0. The van der Waals surface area contributed by atoms with Gasteiger partial charge in [0.25, 0.3) is 5.91 Å². The van der Waals surface area contributed by atoms with E-state index in [1.807, 2.05) is 27.7 Å². The second-order valence-corrected chi connectivity index (χ2v) is 8.59. The van der Waals surface area contributed by atoms with Crippen molar-refractivity contribution in [3.8, 4) is 5.69 Å². The summed E-state index contributed by atoms with van der Waals surface area (Å²) < 4.78 is 20.4. The summed E-state index contributed by atoms with van der Waals surface area (Å²) >= 11 is 0. The topological polar surface area (TPSA) is 67.7 Å². The van der Waals surface area contributed by atoms with Crippen LogP contribution < -0.4 is 0 Å². The Morgan fingerprint density at radius 3 is 2.32 bits per heavy atom. The number of halogens is 1. The van der Waals surface area contributed by atoms with Crippen LogP contribution in [0.1, 0.15) is 56.1 Å². The molecule has 0 aliphatic carbocycles. The summed E-state index contributed by atoms with van der Waals surface area (Å²) in [6.45, 7) is 10.4. The summed E-state index contributed by atoms with van der Waals surface area (Å²) in [5.74, 6) is -0.101. The summed E-state index contributed by atoms with van der Waals surface area (Å²) in [6.07, 6.45) is 1.95. The molecule has 0 atom stereocenters. The average molecular weight is 431 g/mol. The van der Waals surface area contributed by atoms with Crippen LogP contribution in [0.4, 0.5) is 9.18 Å². The van der Waals surface area contributed by atoms with Crippen molar-refractivity contribution in [3.63, 3.8) is 0 Å². The van der Waals surface area contributed by atoms with E-state index in [9.17, 15) is 14.0 Å². The van der Waals surface area contributed by atoms with Gasteiger partial charge in [-0.2, -0.15) is 5.10 Å². The Kier molecular flexibility index (Phi) is 7.30. The third kappa shape index (κ3) is 5.42. The van der Waals surface area contributed by atoms with Crippen molar-refractivity contribution in [1.29, 1.82) is 0 Å². The van der Waals surface area contributed by atoms with E-state index in [1.54, 1.807) is 32.8 Å². The monoisotopic (exact) mass is 430 g/mol. The SMILES string of the molecule is CC(C)COC(=O)N1CCCN(C(=O)c2cnn(-c3ccc(F)cc3)c2C(C)C)CC1. The van der Waals surface area contributed by atoms with Gasteiger partial charge in [0.15, 0.2) is 0 Å². The maximum atomic E-state index is 13.3. The van der Waals surface area contributed by atoms with Crippen LogP contribution in [-0.4, -0.2) is 64.4 Å². The third-order valence-corrected chi connectivity index (χ3v) is 5.24. The van der Waals surface area contributed by atoms with Gasteiger partial charge in [0.05, 0.1) is 29.7 Å². The Morgan fingerprint density at radius 2 is 1.68 bits per heavy atom. The summed E-state index contributed by atoms with van der Waals surface area (Å²) in [4.78, 5) is 29.1. The Morgan fingerprint density at radius 1 is 1.03 bits per heavy atom. The van der Waals surface area contributed by atoms with Crippen LogP contribution in [0.25, 0.3) is 5.69 Å². The average Bonchev–Trinajstić information content (AvgIpc) is 3.03. The van der Waals surface area contributed by atoms with Crippen molar-refractivity contribution in [2.45, 2.75) is 40.0 Å². The van der Waals surface area contributed by atoms with E-state index >= 15 is 0 Å². The third-order valence-electron chi connectivity index (χ3n) is 5.24. The van der Waals surface area contributed by atoms with Crippen molar-refractivity contribution < 1.29 is 18.7 Å². The zero-order valence-electron chi connectivity index (χ0n) is 18.7. The van der Waals surface area contributed by atoms with Gasteiger partial charge in [-0.1, -0.05) is 27.7 Å². The van der Waals surface area contributed by atoms with E-state index < -0.39 is 0 Å². The first-order valence-corrected chi connectivity index (χ1v) is 10.8. The first kappa shape index (κ1) is 22.8. The molecule has 1 aliphatic rings. The highest BCUT2D eigenvalue weighted by Crippen LogP contribution is 2.25. The smallest absolute Gasteiger partial charge is 0.409 e. The highest BCUT2D eigenvalue weighted by Gasteiger charge is 2.28. The van der Waals surface area contributed by atoms with Gasteiger partial charge in [-0.05, 0) is 42.5 Å². The maximum Gasteiger partial charge on any atom is 0.409 e. The van der Waals surface area contributed by atoms with Gasteiger partial charge < -0.3 is 14.5 Å². The van der Waals surface area contributed by atoms with Crippen molar-refractivity contribution in [2.24, 2.45) is 5.92 Å². The molecule has 0 unspecified atom stereocenters. The van der Waals surface area contributed by atoms with Crippen LogP contribution in [0.3, 0.4) is 0 Å². The molecule has 0 saturated carbocycles. The molecule has 1 fully saturated rings. The van der Waals surface area contributed by atoms with Crippen molar-refractivity contribution >= 4 is 12.0 Å². The van der Waals surface area contributed by atoms with Crippen LogP contribution in [0, 0.1) is 11.7 Å². The second-order valence-electron chi connectivity index (χ2n) is 8.59. The molecule has 0 radical (unpaired) electrons. The summed E-state index contributed by atoms with van der Waals surface area (Å²) in [7, 11) is 0. The Bertz CT molecular complexity index is 908. The minimum atomic E-state index is -0.324. The molecule has 8 heteroatoms. The molecule has 2 amide bonds. The maximum absolute atomic E-state index is 13.3. The lowest BCUT2D eigenvalue weighted by Gasteiger charge is -2.23. The van der Waals surface area contributed by atoms with Gasteiger partial charge in [-0.25, -0.2) is 13.9 Å². The molecule has 31 heavy (non-hydrogen) atoms. The molecule has 2 heterocycles. The number of carbonyl (C=O) groups is 2. The zero-order valence-corrected chi connectivity index (χ0v) is 18.7. The Balaban J connectivity index is 1.75.